The molecule has 0 saturated carbocycles. The number of quaternary nitrogens is 1. The highest BCUT2D eigenvalue weighted by atomic mass is 79.9. The Balaban J connectivity index is 0. The van der Waals surface area contributed by atoms with Crippen molar-refractivity contribution in [3.63, 3.8) is 0 Å². The van der Waals surface area contributed by atoms with Gasteiger partial charge >= 0.3 is 0 Å². The molecule has 18 heavy (non-hydrogen) atoms. The van der Waals surface area contributed by atoms with Crippen LogP contribution in [0, 0.1) is 0 Å². The van der Waals surface area contributed by atoms with E-state index in [1.807, 2.05) is 0 Å². The number of halogens is 4. The lowest BCUT2D eigenvalue weighted by atomic mass is 10.4. The first kappa shape index (κ1) is 22.1. The number of nitrogens with zero attached hydrogens (tertiary/aromatic N) is 2. The molecule has 2 saturated heterocycles. The van der Waals surface area contributed by atoms with Crippen molar-refractivity contribution in [2.75, 3.05) is 50.0 Å². The third kappa shape index (κ3) is 11.6. The first-order chi connectivity index (χ1) is 8.08. The van der Waals surface area contributed by atoms with Crippen LogP contribution in [0.2, 0.25) is 0 Å². The second kappa shape index (κ2) is 13.8. The summed E-state index contributed by atoms with van der Waals surface area (Å²) in [7, 11) is 4.48. The number of hydrogen-bond donors (Lipinski definition) is 0. The van der Waals surface area contributed by atoms with Crippen molar-refractivity contribution in [2.24, 2.45) is 0 Å². The van der Waals surface area contributed by atoms with Gasteiger partial charge in [0.25, 0.3) is 0 Å². The van der Waals surface area contributed by atoms with Crippen molar-refractivity contribution in [1.29, 1.82) is 0 Å². The highest BCUT2D eigenvalue weighted by molar-refractivity contribution is 9.24. The number of rotatable bonds is 1. The van der Waals surface area contributed by atoms with E-state index in [2.05, 4.69) is 66.8 Å². The summed E-state index contributed by atoms with van der Waals surface area (Å²) in [5.74, 6) is 0. The maximum absolute atomic E-state index is 3.50. The first-order valence-corrected chi connectivity index (χ1v) is 9.64. The molecule has 6 heteroatoms. The van der Waals surface area contributed by atoms with Crippen molar-refractivity contribution >= 4 is 47.8 Å². The van der Waals surface area contributed by atoms with Crippen LogP contribution in [0.3, 0.4) is 0 Å². The summed E-state index contributed by atoms with van der Waals surface area (Å²) in [5.41, 5.74) is 1.13. The van der Waals surface area contributed by atoms with Crippen LogP contribution in [0.5, 0.6) is 0 Å². The number of likely N-dealkylation sites (tertiary alicyclic amines) is 2. The van der Waals surface area contributed by atoms with Gasteiger partial charge in [-0.05, 0) is 48.9 Å². The van der Waals surface area contributed by atoms with E-state index in [4.69, 9.17) is 0 Å². The van der Waals surface area contributed by atoms with Gasteiger partial charge in [-0.15, -0.1) is 0 Å². The fourth-order valence-corrected chi connectivity index (χ4v) is 2.60. The Morgan fingerprint density at radius 1 is 0.944 bits per heavy atom. The Bertz CT molecular complexity index is 169. The zero-order valence-electron chi connectivity index (χ0n) is 11.5. The summed E-state index contributed by atoms with van der Waals surface area (Å²) in [6, 6.07) is 0. The maximum atomic E-state index is 3.50. The molecule has 0 aromatic rings. The van der Waals surface area contributed by atoms with Gasteiger partial charge in [0.15, 0.2) is 0 Å². The minimum atomic E-state index is 0. The lowest BCUT2D eigenvalue weighted by molar-refractivity contribution is -0.883. The van der Waals surface area contributed by atoms with Gasteiger partial charge in [-0.1, -0.05) is 31.9 Å². The number of alkyl halides is 3. The van der Waals surface area contributed by atoms with Gasteiger partial charge in [0.05, 0.1) is 24.4 Å². The van der Waals surface area contributed by atoms with E-state index in [1.165, 1.54) is 56.3 Å². The average molecular weight is 518 g/mol. The quantitative estimate of drug-likeness (QED) is 0.285. The van der Waals surface area contributed by atoms with Crippen LogP contribution in [0.1, 0.15) is 25.7 Å². The summed E-state index contributed by atoms with van der Waals surface area (Å²) in [5, 5.41) is 0. The Labute approximate surface area is 149 Å². The summed E-state index contributed by atoms with van der Waals surface area (Å²) in [4.78, 5) is 2.36. The van der Waals surface area contributed by atoms with Gasteiger partial charge in [-0.3, -0.25) is 0 Å². The number of hydrogen-bond acceptors (Lipinski definition) is 1. The fraction of sp³-hybridized carbons (Fsp3) is 1.00. The third-order valence-electron chi connectivity index (χ3n) is 3.26. The molecule has 0 aliphatic carbocycles. The highest BCUT2D eigenvalue weighted by Crippen LogP contribution is 2.16. The molecule has 0 amide bonds. The van der Waals surface area contributed by atoms with Crippen LogP contribution >= 0.6 is 47.8 Å². The second-order valence-electron chi connectivity index (χ2n) is 5.00. The van der Waals surface area contributed by atoms with E-state index in [9.17, 15) is 0 Å². The Kier molecular flexibility index (Phi) is 17.0. The van der Waals surface area contributed by atoms with E-state index in [-0.39, 0.29) is 17.0 Å². The zero-order chi connectivity index (χ0) is 13.1. The standard InChI is InChI=1S/C6H13BrN.C5H11N.CH2Br2.BrH/c1-8(6-7)4-2-3-5-8;1-6-4-2-3-5-6;2-1-3;/h2-6H2,1H3;2-5H2,1H3;1H2;1H/q+1;;;/p-1. The largest absolute Gasteiger partial charge is 1.00 e. The molecular formula is C12H26Br4N2. The van der Waals surface area contributed by atoms with Crippen molar-refractivity contribution in [3.8, 4) is 0 Å². The summed E-state index contributed by atoms with van der Waals surface area (Å²) in [6.07, 6.45) is 5.66. The molecule has 2 aliphatic heterocycles. The van der Waals surface area contributed by atoms with Crippen molar-refractivity contribution < 1.29 is 21.5 Å². The van der Waals surface area contributed by atoms with E-state index < -0.39 is 0 Å². The topological polar surface area (TPSA) is 3.24 Å². The molecule has 0 bridgehead atoms. The Hall–Kier alpha value is 1.84. The predicted molar refractivity (Wildman–Crippen MR) is 88.4 cm³/mol. The van der Waals surface area contributed by atoms with Crippen LogP contribution in [0.4, 0.5) is 0 Å². The molecule has 0 aromatic heterocycles. The summed E-state index contributed by atoms with van der Waals surface area (Å²) in [6.45, 7) is 5.37. The first-order valence-electron chi connectivity index (χ1n) is 6.28. The smallest absolute Gasteiger partial charge is 0.134 e. The van der Waals surface area contributed by atoms with E-state index in [1.54, 1.807) is 0 Å². The van der Waals surface area contributed by atoms with Crippen molar-refractivity contribution in [3.05, 3.63) is 0 Å². The monoisotopic (exact) mass is 514 g/mol. The molecule has 112 valence electrons. The molecule has 0 atom stereocenters. The Morgan fingerprint density at radius 3 is 1.50 bits per heavy atom. The van der Waals surface area contributed by atoms with E-state index in [0.717, 1.165) is 9.69 Å². The average Bonchev–Trinajstić information content (AvgIpc) is 2.93. The molecule has 2 heterocycles. The third-order valence-corrected chi connectivity index (χ3v) is 4.47. The van der Waals surface area contributed by atoms with Gasteiger partial charge in [-0.2, -0.15) is 0 Å². The lowest BCUT2D eigenvalue weighted by Crippen LogP contribution is -3.00. The summed E-state index contributed by atoms with van der Waals surface area (Å²) < 4.78 is 2.11. The molecular weight excluding hydrogens is 492 g/mol. The van der Waals surface area contributed by atoms with Gasteiger partial charge in [0, 0.05) is 12.8 Å². The Morgan fingerprint density at radius 2 is 1.33 bits per heavy atom. The van der Waals surface area contributed by atoms with Crippen LogP contribution in [0.15, 0.2) is 0 Å². The molecule has 0 N–H and O–H groups in total. The van der Waals surface area contributed by atoms with Crippen molar-refractivity contribution in [1.82, 2.24) is 4.90 Å². The SMILES string of the molecule is BrCBr.CN1CCCC1.C[N+]1(CBr)CCCC1.[Br-]. The van der Waals surface area contributed by atoms with Crippen LogP contribution in [0.25, 0.3) is 0 Å². The molecule has 2 rings (SSSR count). The molecule has 2 nitrogen and oxygen atoms in total. The normalized spacial score (nSPS) is 21.2. The predicted octanol–water partition coefficient (Wildman–Crippen LogP) is 1.03. The lowest BCUT2D eigenvalue weighted by Gasteiger charge is -2.25. The molecule has 0 aromatic carbocycles. The zero-order valence-corrected chi connectivity index (χ0v) is 17.8. The van der Waals surface area contributed by atoms with Gasteiger partial charge in [-0.25, -0.2) is 0 Å². The van der Waals surface area contributed by atoms with Crippen molar-refractivity contribution in [2.45, 2.75) is 25.7 Å². The second-order valence-corrected chi connectivity index (χ2v) is 8.13. The molecule has 0 unspecified atom stereocenters. The van der Waals surface area contributed by atoms with E-state index in [0.29, 0.717) is 0 Å². The van der Waals surface area contributed by atoms with Crippen LogP contribution in [-0.2, 0) is 0 Å². The molecule has 0 radical (unpaired) electrons. The molecule has 2 aliphatic rings. The van der Waals surface area contributed by atoms with Gasteiger partial charge in [0.2, 0.25) is 0 Å². The summed E-state index contributed by atoms with van der Waals surface area (Å²) >= 11 is 9.63. The van der Waals surface area contributed by atoms with Crippen LogP contribution < -0.4 is 17.0 Å². The van der Waals surface area contributed by atoms with Crippen LogP contribution in [-0.4, -0.2) is 59.4 Å². The van der Waals surface area contributed by atoms with Gasteiger partial charge < -0.3 is 26.4 Å². The minimum absolute atomic E-state index is 0. The highest BCUT2D eigenvalue weighted by Gasteiger charge is 2.24. The van der Waals surface area contributed by atoms with E-state index >= 15 is 0 Å². The maximum Gasteiger partial charge on any atom is 0.134 e. The molecule has 2 fully saturated rings. The van der Waals surface area contributed by atoms with Gasteiger partial charge in [0.1, 0.15) is 5.45 Å². The minimum Gasteiger partial charge on any atom is -1.00 e. The fourth-order valence-electron chi connectivity index (χ4n) is 2.09. The molecule has 0 spiro atoms.